The summed E-state index contributed by atoms with van der Waals surface area (Å²) in [6.45, 7) is 0.302. The number of nitrogens with zero attached hydrogens (tertiary/aromatic N) is 1. The van der Waals surface area contributed by atoms with Crippen LogP contribution in [0, 0.1) is 0 Å². The number of amides is 1. The normalized spacial score (nSPS) is 23.4. The van der Waals surface area contributed by atoms with Gasteiger partial charge in [0, 0.05) is 13.7 Å². The van der Waals surface area contributed by atoms with Crippen LogP contribution in [-0.2, 0) is 20.9 Å². The Morgan fingerprint density at radius 3 is 2.59 bits per heavy atom. The first-order valence-electron chi connectivity index (χ1n) is 5.25. The summed E-state index contributed by atoms with van der Waals surface area (Å²) >= 11 is 0. The molecule has 0 saturated carbocycles. The predicted octanol–water partition coefficient (Wildman–Crippen LogP) is 0.497. The maximum absolute atomic E-state index is 11.6. The number of carbonyl (C=O) groups is 2. The molecule has 0 radical (unpaired) electrons. The molecule has 0 aliphatic carbocycles. The van der Waals surface area contributed by atoms with E-state index in [1.807, 2.05) is 30.3 Å². The maximum Gasteiger partial charge on any atom is 0.329 e. The van der Waals surface area contributed by atoms with Crippen LogP contribution in [0.1, 0.15) is 5.56 Å². The molecule has 2 unspecified atom stereocenters. The van der Waals surface area contributed by atoms with Gasteiger partial charge in [0.05, 0.1) is 0 Å². The Bertz CT molecular complexity index is 431. The molecule has 5 heteroatoms. The van der Waals surface area contributed by atoms with Gasteiger partial charge >= 0.3 is 5.97 Å². The molecule has 5 nitrogen and oxygen atoms in total. The summed E-state index contributed by atoms with van der Waals surface area (Å²) in [4.78, 5) is 24.0. The number of carboxylic acids is 1. The topological polar surface area (TPSA) is 66.8 Å². The molecule has 1 aliphatic rings. The lowest BCUT2D eigenvalue weighted by molar-refractivity contribution is -0.183. The van der Waals surface area contributed by atoms with E-state index in [2.05, 4.69) is 0 Å². The smallest absolute Gasteiger partial charge is 0.329 e. The van der Waals surface area contributed by atoms with E-state index in [-0.39, 0.29) is 5.91 Å². The average molecular weight is 235 g/mol. The molecular formula is C12H13NO4. The lowest BCUT2D eigenvalue weighted by Gasteiger charge is -2.43. The van der Waals surface area contributed by atoms with Gasteiger partial charge in [0.2, 0.25) is 0 Å². The number of benzene rings is 1. The van der Waals surface area contributed by atoms with Crippen molar-refractivity contribution in [2.24, 2.45) is 0 Å². The lowest BCUT2D eigenvalue weighted by atomic mass is 9.97. The van der Waals surface area contributed by atoms with Crippen LogP contribution >= 0.6 is 0 Å². The van der Waals surface area contributed by atoms with Gasteiger partial charge in [-0.2, -0.15) is 0 Å². The molecule has 1 aromatic carbocycles. The number of hydrogen-bond donors (Lipinski definition) is 1. The molecule has 17 heavy (non-hydrogen) atoms. The van der Waals surface area contributed by atoms with Crippen LogP contribution in [0.2, 0.25) is 0 Å². The molecule has 1 fully saturated rings. The van der Waals surface area contributed by atoms with Gasteiger partial charge in [-0.1, -0.05) is 30.3 Å². The molecule has 1 saturated heterocycles. The molecule has 0 spiro atoms. The van der Waals surface area contributed by atoms with Crippen molar-refractivity contribution in [2.45, 2.75) is 18.7 Å². The summed E-state index contributed by atoms with van der Waals surface area (Å²) < 4.78 is 4.87. The number of hydrogen-bond acceptors (Lipinski definition) is 3. The zero-order valence-corrected chi connectivity index (χ0v) is 9.37. The van der Waals surface area contributed by atoms with E-state index >= 15 is 0 Å². The van der Waals surface area contributed by atoms with Crippen molar-refractivity contribution in [2.75, 3.05) is 7.11 Å². The molecule has 2 atom stereocenters. The van der Waals surface area contributed by atoms with E-state index in [1.54, 1.807) is 0 Å². The summed E-state index contributed by atoms with van der Waals surface area (Å²) in [6.07, 6.45) is -0.851. The standard InChI is InChI=1S/C12H13NO4/c1-17-10-9(12(15)16)13(11(10)14)7-8-5-3-2-4-6-8/h2-6,9-10H,7H2,1H3,(H,15,16). The molecule has 0 bridgehead atoms. The summed E-state index contributed by atoms with van der Waals surface area (Å²) in [5.74, 6) is -1.31. The van der Waals surface area contributed by atoms with Gasteiger partial charge in [-0.3, -0.25) is 4.79 Å². The highest BCUT2D eigenvalue weighted by Gasteiger charge is 2.52. The highest BCUT2D eigenvalue weighted by Crippen LogP contribution is 2.25. The molecule has 1 aliphatic heterocycles. The molecule has 2 rings (SSSR count). The van der Waals surface area contributed by atoms with E-state index < -0.39 is 18.1 Å². The highest BCUT2D eigenvalue weighted by molar-refractivity contribution is 5.98. The molecule has 90 valence electrons. The number of likely N-dealkylation sites (tertiary alicyclic amines) is 1. The van der Waals surface area contributed by atoms with Crippen LogP contribution in [0.5, 0.6) is 0 Å². The zero-order chi connectivity index (χ0) is 12.4. The Morgan fingerprint density at radius 2 is 2.06 bits per heavy atom. The molecular weight excluding hydrogens is 222 g/mol. The fourth-order valence-electron chi connectivity index (χ4n) is 1.97. The third-order valence-electron chi connectivity index (χ3n) is 2.85. The van der Waals surface area contributed by atoms with Gasteiger partial charge < -0.3 is 14.7 Å². The largest absolute Gasteiger partial charge is 0.480 e. The van der Waals surface area contributed by atoms with Crippen molar-refractivity contribution in [3.05, 3.63) is 35.9 Å². The van der Waals surface area contributed by atoms with E-state index in [0.717, 1.165) is 5.56 Å². The minimum absolute atomic E-state index is 0.274. The Balaban J connectivity index is 2.11. The first-order valence-corrected chi connectivity index (χ1v) is 5.25. The molecule has 1 aromatic rings. The van der Waals surface area contributed by atoms with Crippen LogP contribution in [0.15, 0.2) is 30.3 Å². The SMILES string of the molecule is COC1C(=O)N(Cc2ccccc2)C1C(=O)O. The summed E-state index contributed by atoms with van der Waals surface area (Å²) in [5, 5.41) is 9.03. The van der Waals surface area contributed by atoms with Gasteiger partial charge in [0.1, 0.15) is 0 Å². The van der Waals surface area contributed by atoms with Crippen molar-refractivity contribution in [3.63, 3.8) is 0 Å². The number of methoxy groups -OCH3 is 1. The van der Waals surface area contributed by atoms with E-state index in [9.17, 15) is 9.59 Å². The fourth-order valence-corrected chi connectivity index (χ4v) is 1.97. The predicted molar refractivity (Wildman–Crippen MR) is 59.2 cm³/mol. The van der Waals surface area contributed by atoms with Crippen LogP contribution in [-0.4, -0.2) is 41.1 Å². The summed E-state index contributed by atoms with van der Waals surface area (Å²) in [5.41, 5.74) is 0.904. The Hall–Kier alpha value is -1.88. The average Bonchev–Trinajstić information content (AvgIpc) is 2.33. The van der Waals surface area contributed by atoms with Gasteiger partial charge in [0.15, 0.2) is 12.1 Å². The van der Waals surface area contributed by atoms with E-state index in [0.29, 0.717) is 6.54 Å². The second-order valence-corrected chi connectivity index (χ2v) is 3.89. The summed E-state index contributed by atoms with van der Waals surface area (Å²) in [7, 11) is 1.35. The number of aliphatic carboxylic acids is 1. The van der Waals surface area contributed by atoms with Gasteiger partial charge in [-0.15, -0.1) is 0 Å². The number of rotatable bonds is 4. The monoisotopic (exact) mass is 235 g/mol. The van der Waals surface area contributed by atoms with Crippen LogP contribution in [0.3, 0.4) is 0 Å². The highest BCUT2D eigenvalue weighted by atomic mass is 16.5. The third kappa shape index (κ3) is 2.01. The number of carbonyl (C=O) groups excluding carboxylic acids is 1. The van der Waals surface area contributed by atoms with Crippen LogP contribution in [0.4, 0.5) is 0 Å². The minimum Gasteiger partial charge on any atom is -0.480 e. The van der Waals surface area contributed by atoms with Crippen molar-refractivity contribution in [3.8, 4) is 0 Å². The Kier molecular flexibility index (Phi) is 3.10. The van der Waals surface area contributed by atoms with Crippen LogP contribution in [0.25, 0.3) is 0 Å². The van der Waals surface area contributed by atoms with E-state index in [4.69, 9.17) is 9.84 Å². The van der Waals surface area contributed by atoms with E-state index in [1.165, 1.54) is 12.0 Å². The fraction of sp³-hybridized carbons (Fsp3) is 0.333. The van der Waals surface area contributed by atoms with Crippen molar-refractivity contribution in [1.29, 1.82) is 0 Å². The maximum atomic E-state index is 11.6. The minimum atomic E-state index is -1.03. The molecule has 1 amide bonds. The molecule has 1 heterocycles. The second kappa shape index (κ2) is 4.55. The van der Waals surface area contributed by atoms with Crippen molar-refractivity contribution < 1.29 is 19.4 Å². The first kappa shape index (κ1) is 11.6. The Morgan fingerprint density at radius 1 is 1.41 bits per heavy atom. The third-order valence-corrected chi connectivity index (χ3v) is 2.85. The van der Waals surface area contributed by atoms with Gasteiger partial charge in [0.25, 0.3) is 5.91 Å². The van der Waals surface area contributed by atoms with Crippen LogP contribution < -0.4 is 0 Å². The number of β-lactam (4-membered cyclic amide) rings is 1. The van der Waals surface area contributed by atoms with Crippen molar-refractivity contribution in [1.82, 2.24) is 4.90 Å². The van der Waals surface area contributed by atoms with Crippen molar-refractivity contribution >= 4 is 11.9 Å². The number of carboxylic acid groups (broad SMARTS) is 1. The molecule has 1 N–H and O–H groups in total. The quantitative estimate of drug-likeness (QED) is 0.771. The Labute approximate surface area is 98.6 Å². The van der Waals surface area contributed by atoms with Gasteiger partial charge in [-0.25, -0.2) is 4.79 Å². The molecule has 0 aromatic heterocycles. The zero-order valence-electron chi connectivity index (χ0n) is 9.37. The summed E-state index contributed by atoms with van der Waals surface area (Å²) in [6, 6.07) is 8.40. The first-order chi connectivity index (χ1) is 8.15. The van der Waals surface area contributed by atoms with Gasteiger partial charge in [-0.05, 0) is 5.56 Å². The second-order valence-electron chi connectivity index (χ2n) is 3.89. The number of ether oxygens (including phenoxy) is 1. The lowest BCUT2D eigenvalue weighted by Crippen LogP contribution is -2.67.